The van der Waals surface area contributed by atoms with Gasteiger partial charge in [0.2, 0.25) is 0 Å². The molecular weight excluding hydrogens is 411 g/mol. The monoisotopic (exact) mass is 438 g/mol. The van der Waals surface area contributed by atoms with Gasteiger partial charge in [-0.25, -0.2) is 0 Å². The number of carbonyl (C=O) groups excluding carboxylic acids is 1. The van der Waals surface area contributed by atoms with Crippen LogP contribution in [0.3, 0.4) is 0 Å². The van der Waals surface area contributed by atoms with Crippen LogP contribution in [0.25, 0.3) is 6.08 Å². The molecule has 0 heterocycles. The summed E-state index contributed by atoms with van der Waals surface area (Å²) in [7, 11) is -1.82. The molecule has 0 fully saturated rings. The van der Waals surface area contributed by atoms with E-state index in [1.807, 2.05) is 6.08 Å². The van der Waals surface area contributed by atoms with Gasteiger partial charge >= 0.3 is 0 Å². The van der Waals surface area contributed by atoms with E-state index >= 15 is 0 Å². The van der Waals surface area contributed by atoms with Gasteiger partial charge in [0.15, 0.2) is 0 Å². The molecule has 0 saturated heterocycles. The Morgan fingerprint density at radius 3 is 1.38 bits per heavy atom. The lowest BCUT2D eigenvalue weighted by Crippen LogP contribution is -2.32. The molecular formula is C29H27O2P. The molecule has 0 unspecified atom stereocenters. The summed E-state index contributed by atoms with van der Waals surface area (Å²) in [6, 6.07) is 41.9. The van der Waals surface area contributed by atoms with Crippen molar-refractivity contribution in [2.24, 2.45) is 0 Å². The van der Waals surface area contributed by atoms with Gasteiger partial charge in [0, 0.05) is 5.97 Å². The number of carboxylic acid groups (broad SMARTS) is 1. The van der Waals surface area contributed by atoms with Crippen LogP contribution in [-0.4, -0.2) is 5.97 Å². The largest absolute Gasteiger partial charge is 0.550 e. The van der Waals surface area contributed by atoms with Crippen LogP contribution in [-0.2, 0) is 11.0 Å². The summed E-state index contributed by atoms with van der Waals surface area (Å²) in [5.74, 6) is -1.08. The molecule has 4 aromatic carbocycles. The minimum absolute atomic E-state index is 0.972. The van der Waals surface area contributed by atoms with Crippen molar-refractivity contribution in [3.8, 4) is 0 Å². The van der Waals surface area contributed by atoms with Gasteiger partial charge in [-0.2, -0.15) is 0 Å². The molecule has 0 atom stereocenters. The maximum absolute atomic E-state index is 8.89. The van der Waals surface area contributed by atoms with Crippen molar-refractivity contribution in [1.29, 1.82) is 0 Å². The standard InChI is InChI=1S/C27H24P.C2H4O2/c1-2-23-18-20-24(21-19-23)22-28(25-12-6-3-7-13-25,26-14-8-4-9-15-26)27-16-10-5-11-17-27;1-2(3)4/h2-21H,1,22H2;1H3,(H,3,4)/q+1;/p-1. The van der Waals surface area contributed by atoms with Crippen molar-refractivity contribution in [1.82, 2.24) is 0 Å². The molecule has 160 valence electrons. The number of aliphatic carboxylic acids is 1. The van der Waals surface area contributed by atoms with Gasteiger partial charge in [0.05, 0.1) is 6.16 Å². The molecule has 3 heteroatoms. The van der Waals surface area contributed by atoms with Gasteiger partial charge in [0.25, 0.3) is 0 Å². The van der Waals surface area contributed by atoms with Crippen molar-refractivity contribution in [2.75, 3.05) is 0 Å². The van der Waals surface area contributed by atoms with E-state index in [9.17, 15) is 0 Å². The molecule has 0 aliphatic rings. The predicted octanol–water partition coefficient (Wildman–Crippen LogP) is 4.58. The third kappa shape index (κ3) is 5.60. The van der Waals surface area contributed by atoms with Gasteiger partial charge < -0.3 is 9.90 Å². The van der Waals surface area contributed by atoms with E-state index in [-0.39, 0.29) is 0 Å². The Morgan fingerprint density at radius 2 is 1.06 bits per heavy atom. The lowest BCUT2D eigenvalue weighted by Gasteiger charge is -2.27. The minimum atomic E-state index is -1.82. The maximum atomic E-state index is 8.89. The fourth-order valence-corrected chi connectivity index (χ4v) is 8.05. The first kappa shape index (κ1) is 23.2. The molecule has 4 aromatic rings. The van der Waals surface area contributed by atoms with Crippen LogP contribution >= 0.6 is 7.26 Å². The predicted molar refractivity (Wildman–Crippen MR) is 136 cm³/mol. The number of hydrogen-bond acceptors (Lipinski definition) is 2. The zero-order valence-electron chi connectivity index (χ0n) is 18.2. The molecule has 0 aliphatic heterocycles. The molecule has 0 N–H and O–H groups in total. The van der Waals surface area contributed by atoms with Gasteiger partial charge in [-0.1, -0.05) is 91.5 Å². The Morgan fingerprint density at radius 1 is 0.719 bits per heavy atom. The minimum Gasteiger partial charge on any atom is -0.550 e. The summed E-state index contributed by atoms with van der Waals surface area (Å²) in [6.45, 7) is 4.86. The van der Waals surface area contributed by atoms with Gasteiger partial charge in [-0.15, -0.1) is 0 Å². The first-order chi connectivity index (χ1) is 15.6. The smallest absolute Gasteiger partial charge is 0.116 e. The molecule has 0 aliphatic carbocycles. The van der Waals surface area contributed by atoms with E-state index in [0.29, 0.717) is 0 Å². The fraction of sp³-hybridized carbons (Fsp3) is 0.0690. The summed E-state index contributed by atoms with van der Waals surface area (Å²) < 4.78 is 0. The number of rotatable bonds is 6. The normalized spacial score (nSPS) is 10.5. The second-order valence-electron chi connectivity index (χ2n) is 7.41. The highest BCUT2D eigenvalue weighted by Crippen LogP contribution is 2.58. The van der Waals surface area contributed by atoms with Crippen LogP contribution in [0.2, 0.25) is 0 Å². The van der Waals surface area contributed by atoms with E-state index in [2.05, 4.69) is 122 Å². The molecule has 0 aromatic heterocycles. The summed E-state index contributed by atoms with van der Waals surface area (Å²) in [5.41, 5.74) is 2.52. The summed E-state index contributed by atoms with van der Waals surface area (Å²) >= 11 is 0. The van der Waals surface area contributed by atoms with Crippen molar-refractivity contribution in [3.05, 3.63) is 133 Å². The Hall–Kier alpha value is -3.48. The first-order valence-electron chi connectivity index (χ1n) is 10.5. The topological polar surface area (TPSA) is 40.1 Å². The van der Waals surface area contributed by atoms with Gasteiger partial charge in [0.1, 0.15) is 23.2 Å². The summed E-state index contributed by atoms with van der Waals surface area (Å²) in [4.78, 5) is 8.89. The lowest BCUT2D eigenvalue weighted by atomic mass is 10.1. The van der Waals surface area contributed by atoms with Crippen molar-refractivity contribution in [3.63, 3.8) is 0 Å². The molecule has 0 saturated carbocycles. The van der Waals surface area contributed by atoms with E-state index in [1.54, 1.807) is 0 Å². The van der Waals surface area contributed by atoms with E-state index < -0.39 is 13.2 Å². The van der Waals surface area contributed by atoms with Crippen molar-refractivity contribution < 1.29 is 9.90 Å². The Labute approximate surface area is 191 Å². The zero-order chi connectivity index (χ0) is 22.8. The van der Waals surface area contributed by atoms with Crippen molar-refractivity contribution in [2.45, 2.75) is 13.1 Å². The van der Waals surface area contributed by atoms with Crippen molar-refractivity contribution >= 4 is 35.2 Å². The van der Waals surface area contributed by atoms with Gasteiger partial charge in [-0.3, -0.25) is 0 Å². The molecule has 2 nitrogen and oxygen atoms in total. The lowest BCUT2D eigenvalue weighted by molar-refractivity contribution is -0.302. The van der Waals surface area contributed by atoms with Crippen LogP contribution in [0.5, 0.6) is 0 Å². The summed E-state index contributed by atoms with van der Waals surface area (Å²) in [6.07, 6.45) is 2.90. The first-order valence-corrected chi connectivity index (χ1v) is 12.5. The van der Waals surface area contributed by atoms with Crippen LogP contribution in [0.4, 0.5) is 0 Å². The second kappa shape index (κ2) is 11.2. The van der Waals surface area contributed by atoms with Gasteiger partial charge in [-0.05, 0) is 54.4 Å². The number of carbonyl (C=O) groups is 1. The maximum Gasteiger partial charge on any atom is 0.116 e. The highest BCUT2D eigenvalue weighted by atomic mass is 31.2. The molecule has 0 spiro atoms. The Bertz CT molecular complexity index is 1020. The zero-order valence-corrected chi connectivity index (χ0v) is 19.1. The van der Waals surface area contributed by atoms with Crippen LogP contribution in [0.1, 0.15) is 18.1 Å². The Kier molecular flexibility index (Phi) is 8.14. The molecule has 4 rings (SSSR count). The highest BCUT2D eigenvalue weighted by Gasteiger charge is 2.45. The average Bonchev–Trinajstić information content (AvgIpc) is 2.84. The SMILES string of the molecule is C=Cc1ccc(C[P+](c2ccccc2)(c2ccccc2)c2ccccc2)cc1.CC(=O)[O-]. The molecule has 0 amide bonds. The number of benzene rings is 4. The van der Waals surface area contributed by atoms with E-state index in [1.165, 1.54) is 21.5 Å². The highest BCUT2D eigenvalue weighted by molar-refractivity contribution is 7.95. The van der Waals surface area contributed by atoms with Crippen LogP contribution < -0.4 is 21.0 Å². The van der Waals surface area contributed by atoms with E-state index in [4.69, 9.17) is 9.90 Å². The third-order valence-electron chi connectivity index (χ3n) is 5.23. The number of carboxylic acids is 1. The average molecular weight is 439 g/mol. The molecule has 0 radical (unpaired) electrons. The number of hydrogen-bond donors (Lipinski definition) is 0. The van der Waals surface area contributed by atoms with Crippen LogP contribution in [0, 0.1) is 0 Å². The quantitative estimate of drug-likeness (QED) is 0.414. The fourth-order valence-electron chi connectivity index (χ4n) is 3.80. The second-order valence-corrected chi connectivity index (χ2v) is 10.9. The summed E-state index contributed by atoms with van der Waals surface area (Å²) in [5, 5.41) is 13.1. The third-order valence-corrected chi connectivity index (χ3v) is 9.60. The molecule has 0 bridgehead atoms. The molecule has 32 heavy (non-hydrogen) atoms. The van der Waals surface area contributed by atoms with E-state index in [0.717, 1.165) is 18.6 Å². The van der Waals surface area contributed by atoms with Crippen LogP contribution in [0.15, 0.2) is 122 Å². The Balaban J connectivity index is 0.000000668.